The standard InChI is InChI=1S/C16H20N2/c17-13-12-14-8-10-16(11-9-14)18-15-6-4-2-1-3-5-7-15/h4,6,8-11,15,18H,1-3,5,7,12H2/b6-4+. The van der Waals surface area contributed by atoms with Gasteiger partial charge >= 0.3 is 0 Å². The van der Waals surface area contributed by atoms with Crippen molar-refractivity contribution in [1.29, 1.82) is 5.26 Å². The number of anilines is 1. The van der Waals surface area contributed by atoms with E-state index in [2.05, 4.69) is 35.7 Å². The van der Waals surface area contributed by atoms with Crippen molar-refractivity contribution in [2.75, 3.05) is 5.32 Å². The van der Waals surface area contributed by atoms with E-state index in [1.54, 1.807) is 0 Å². The third-order valence-corrected chi connectivity index (χ3v) is 3.34. The van der Waals surface area contributed by atoms with Crippen molar-refractivity contribution in [1.82, 2.24) is 0 Å². The van der Waals surface area contributed by atoms with E-state index in [1.165, 1.54) is 32.1 Å². The molecule has 2 nitrogen and oxygen atoms in total. The van der Waals surface area contributed by atoms with Crippen LogP contribution in [0.25, 0.3) is 0 Å². The first-order valence-electron chi connectivity index (χ1n) is 6.77. The number of hydrogen-bond donors (Lipinski definition) is 1. The van der Waals surface area contributed by atoms with E-state index in [0.29, 0.717) is 12.5 Å². The van der Waals surface area contributed by atoms with E-state index < -0.39 is 0 Å². The molecule has 0 saturated carbocycles. The zero-order chi connectivity index (χ0) is 12.6. The van der Waals surface area contributed by atoms with Crippen LogP contribution in [-0.2, 0) is 6.42 Å². The fraction of sp³-hybridized carbons (Fsp3) is 0.438. The quantitative estimate of drug-likeness (QED) is 0.809. The molecule has 1 aromatic carbocycles. The Labute approximate surface area is 109 Å². The summed E-state index contributed by atoms with van der Waals surface area (Å²) in [7, 11) is 0. The molecular weight excluding hydrogens is 220 g/mol. The van der Waals surface area contributed by atoms with Crippen LogP contribution in [0.4, 0.5) is 5.69 Å². The number of allylic oxidation sites excluding steroid dienone is 1. The van der Waals surface area contributed by atoms with Crippen molar-refractivity contribution >= 4 is 5.69 Å². The van der Waals surface area contributed by atoms with Crippen LogP contribution in [0.1, 0.15) is 37.7 Å². The Bertz CT molecular complexity index is 425. The van der Waals surface area contributed by atoms with Crippen molar-refractivity contribution in [2.24, 2.45) is 0 Å². The number of nitrogens with one attached hydrogen (secondary N) is 1. The number of benzene rings is 1. The van der Waals surface area contributed by atoms with Gasteiger partial charge in [0.25, 0.3) is 0 Å². The topological polar surface area (TPSA) is 35.8 Å². The van der Waals surface area contributed by atoms with Gasteiger partial charge in [-0.1, -0.05) is 37.1 Å². The van der Waals surface area contributed by atoms with Gasteiger partial charge in [-0.15, -0.1) is 0 Å². The van der Waals surface area contributed by atoms with E-state index in [-0.39, 0.29) is 0 Å². The van der Waals surface area contributed by atoms with Gasteiger partial charge in [-0.25, -0.2) is 0 Å². The average molecular weight is 240 g/mol. The van der Waals surface area contributed by atoms with Gasteiger partial charge in [-0.05, 0) is 37.0 Å². The van der Waals surface area contributed by atoms with Gasteiger partial charge < -0.3 is 5.32 Å². The molecule has 1 atom stereocenters. The lowest BCUT2D eigenvalue weighted by molar-refractivity contribution is 0.610. The Hall–Kier alpha value is -1.75. The summed E-state index contributed by atoms with van der Waals surface area (Å²) in [6, 6.07) is 10.8. The maximum Gasteiger partial charge on any atom is 0.0669 e. The van der Waals surface area contributed by atoms with E-state index in [0.717, 1.165) is 11.3 Å². The molecule has 1 aromatic rings. The van der Waals surface area contributed by atoms with Crippen molar-refractivity contribution in [3.63, 3.8) is 0 Å². The largest absolute Gasteiger partial charge is 0.379 e. The van der Waals surface area contributed by atoms with Crippen molar-refractivity contribution in [2.45, 2.75) is 44.6 Å². The molecule has 1 aliphatic rings. The second-order valence-corrected chi connectivity index (χ2v) is 4.85. The van der Waals surface area contributed by atoms with Crippen LogP contribution in [0.2, 0.25) is 0 Å². The highest BCUT2D eigenvalue weighted by atomic mass is 14.9. The Morgan fingerprint density at radius 1 is 1.17 bits per heavy atom. The highest BCUT2D eigenvalue weighted by molar-refractivity contribution is 5.46. The summed E-state index contributed by atoms with van der Waals surface area (Å²) in [5.74, 6) is 0. The monoisotopic (exact) mass is 240 g/mol. The fourth-order valence-corrected chi connectivity index (χ4v) is 2.30. The SMILES string of the molecule is N#CCc1ccc(NC2/C=C/CCCCC2)cc1. The van der Waals surface area contributed by atoms with Crippen LogP contribution in [-0.4, -0.2) is 6.04 Å². The number of nitrogens with zero attached hydrogens (tertiary/aromatic N) is 1. The van der Waals surface area contributed by atoms with Crippen LogP contribution in [0.15, 0.2) is 36.4 Å². The van der Waals surface area contributed by atoms with Gasteiger partial charge in [0, 0.05) is 11.7 Å². The summed E-state index contributed by atoms with van der Waals surface area (Å²) in [6.45, 7) is 0. The summed E-state index contributed by atoms with van der Waals surface area (Å²) in [6.07, 6.45) is 11.5. The molecule has 0 aliphatic heterocycles. The number of hydrogen-bond acceptors (Lipinski definition) is 2. The van der Waals surface area contributed by atoms with Gasteiger partial charge in [-0.3, -0.25) is 0 Å². The predicted molar refractivity (Wildman–Crippen MR) is 75.4 cm³/mol. The lowest BCUT2D eigenvalue weighted by Gasteiger charge is -2.18. The summed E-state index contributed by atoms with van der Waals surface area (Å²) >= 11 is 0. The van der Waals surface area contributed by atoms with Crippen LogP contribution in [0, 0.1) is 11.3 Å². The molecule has 0 radical (unpaired) electrons. The van der Waals surface area contributed by atoms with Crippen LogP contribution < -0.4 is 5.32 Å². The van der Waals surface area contributed by atoms with Crippen LogP contribution in [0.5, 0.6) is 0 Å². The molecule has 0 fully saturated rings. The Morgan fingerprint density at radius 2 is 2.00 bits per heavy atom. The molecule has 0 amide bonds. The molecule has 0 spiro atoms. The smallest absolute Gasteiger partial charge is 0.0669 e. The molecule has 94 valence electrons. The molecule has 0 bridgehead atoms. The minimum absolute atomic E-state index is 0.451. The predicted octanol–water partition coefficient (Wildman–Crippen LogP) is 4.05. The Kier molecular flexibility index (Phi) is 4.84. The Morgan fingerprint density at radius 3 is 2.78 bits per heavy atom. The van der Waals surface area contributed by atoms with E-state index in [4.69, 9.17) is 5.26 Å². The lowest BCUT2D eigenvalue weighted by Crippen LogP contribution is -2.17. The molecular formula is C16H20N2. The minimum Gasteiger partial charge on any atom is -0.379 e. The molecule has 1 aliphatic carbocycles. The van der Waals surface area contributed by atoms with Gasteiger partial charge in [0.15, 0.2) is 0 Å². The maximum absolute atomic E-state index is 8.63. The number of rotatable bonds is 3. The van der Waals surface area contributed by atoms with Crippen molar-refractivity contribution < 1.29 is 0 Å². The molecule has 1 unspecified atom stereocenters. The first-order chi connectivity index (χ1) is 8.88. The summed E-state index contributed by atoms with van der Waals surface area (Å²) in [5, 5.41) is 12.2. The van der Waals surface area contributed by atoms with Crippen molar-refractivity contribution in [3.05, 3.63) is 42.0 Å². The van der Waals surface area contributed by atoms with E-state index in [9.17, 15) is 0 Å². The maximum atomic E-state index is 8.63. The van der Waals surface area contributed by atoms with Gasteiger partial charge in [0.1, 0.15) is 0 Å². The minimum atomic E-state index is 0.451. The van der Waals surface area contributed by atoms with Crippen molar-refractivity contribution in [3.8, 4) is 6.07 Å². The molecule has 0 aromatic heterocycles. The normalized spacial score (nSPS) is 21.4. The number of nitriles is 1. The van der Waals surface area contributed by atoms with Crippen LogP contribution in [0.3, 0.4) is 0 Å². The van der Waals surface area contributed by atoms with Crippen LogP contribution >= 0.6 is 0 Å². The first kappa shape index (κ1) is 12.7. The summed E-state index contributed by atoms with van der Waals surface area (Å²) in [5.41, 5.74) is 2.23. The fourth-order valence-electron chi connectivity index (χ4n) is 2.30. The molecule has 2 rings (SSSR count). The van der Waals surface area contributed by atoms with Gasteiger partial charge in [-0.2, -0.15) is 5.26 Å². The zero-order valence-corrected chi connectivity index (χ0v) is 10.7. The molecule has 1 N–H and O–H groups in total. The van der Waals surface area contributed by atoms with E-state index >= 15 is 0 Å². The second-order valence-electron chi connectivity index (χ2n) is 4.85. The summed E-state index contributed by atoms with van der Waals surface area (Å²) in [4.78, 5) is 0. The first-order valence-corrected chi connectivity index (χ1v) is 6.77. The third kappa shape index (κ3) is 3.92. The highest BCUT2D eigenvalue weighted by Crippen LogP contribution is 2.17. The summed E-state index contributed by atoms with van der Waals surface area (Å²) < 4.78 is 0. The molecule has 0 heterocycles. The molecule has 18 heavy (non-hydrogen) atoms. The lowest BCUT2D eigenvalue weighted by atomic mass is 10.0. The molecule has 0 saturated heterocycles. The average Bonchev–Trinajstić information content (AvgIpc) is 2.35. The molecule has 2 heteroatoms. The Balaban J connectivity index is 1.95. The van der Waals surface area contributed by atoms with Gasteiger partial charge in [0.2, 0.25) is 0 Å². The zero-order valence-electron chi connectivity index (χ0n) is 10.7. The second kappa shape index (κ2) is 6.86. The third-order valence-electron chi connectivity index (χ3n) is 3.34. The van der Waals surface area contributed by atoms with Gasteiger partial charge in [0.05, 0.1) is 12.5 Å². The highest BCUT2D eigenvalue weighted by Gasteiger charge is 2.06. The van der Waals surface area contributed by atoms with E-state index in [1.807, 2.05) is 12.1 Å².